The zero-order chi connectivity index (χ0) is 12.8. The van der Waals surface area contributed by atoms with Gasteiger partial charge in [-0.3, -0.25) is 4.79 Å². The number of hydrogen-bond donors (Lipinski definition) is 3. The molecule has 17 heavy (non-hydrogen) atoms. The van der Waals surface area contributed by atoms with Crippen LogP contribution in [0.2, 0.25) is 0 Å². The van der Waals surface area contributed by atoms with Crippen molar-refractivity contribution >= 4 is 17.6 Å². The molecule has 0 aliphatic carbocycles. The van der Waals surface area contributed by atoms with Crippen LogP contribution in [0.5, 0.6) is 0 Å². The van der Waals surface area contributed by atoms with Gasteiger partial charge in [-0.25, -0.2) is 4.79 Å². The number of rotatable bonds is 4. The van der Waals surface area contributed by atoms with Gasteiger partial charge in [0.2, 0.25) is 5.91 Å². The van der Waals surface area contributed by atoms with Crippen molar-refractivity contribution in [3.8, 4) is 0 Å². The maximum Gasteiger partial charge on any atom is 0.312 e. The van der Waals surface area contributed by atoms with Gasteiger partial charge < -0.3 is 16.4 Å². The van der Waals surface area contributed by atoms with Crippen LogP contribution in [-0.2, 0) is 11.2 Å². The van der Waals surface area contributed by atoms with E-state index >= 15 is 0 Å². The highest BCUT2D eigenvalue weighted by atomic mass is 16.2. The summed E-state index contributed by atoms with van der Waals surface area (Å²) in [6.45, 7) is 3.63. The predicted molar refractivity (Wildman–Crippen MR) is 66.6 cm³/mol. The maximum atomic E-state index is 11.6. The van der Waals surface area contributed by atoms with Gasteiger partial charge in [-0.15, -0.1) is 0 Å². The summed E-state index contributed by atoms with van der Waals surface area (Å²) >= 11 is 0. The third-order valence-electron chi connectivity index (χ3n) is 2.38. The molecular formula is C12H17N3O2. The Morgan fingerprint density at radius 1 is 1.29 bits per heavy atom. The number of carbonyl (C=O) groups excluding carboxylic acids is 2. The lowest BCUT2D eigenvalue weighted by molar-refractivity contribution is -0.117. The Hall–Kier alpha value is -2.04. The molecule has 0 fully saturated rings. The van der Waals surface area contributed by atoms with Gasteiger partial charge in [0.25, 0.3) is 0 Å². The summed E-state index contributed by atoms with van der Waals surface area (Å²) in [7, 11) is 0. The van der Waals surface area contributed by atoms with Gasteiger partial charge in [-0.05, 0) is 31.0 Å². The number of primary amides is 1. The quantitative estimate of drug-likeness (QED) is 0.733. The number of benzene rings is 1. The summed E-state index contributed by atoms with van der Waals surface area (Å²) in [5, 5.41) is 5.00. The molecule has 1 atom stereocenters. The van der Waals surface area contributed by atoms with Crippen molar-refractivity contribution in [3.05, 3.63) is 29.8 Å². The normalized spacial score (nSPS) is 11.6. The van der Waals surface area contributed by atoms with Crippen LogP contribution in [0.1, 0.15) is 19.4 Å². The van der Waals surface area contributed by atoms with Crippen LogP contribution >= 0.6 is 0 Å². The van der Waals surface area contributed by atoms with E-state index in [1.165, 1.54) is 5.56 Å². The highest BCUT2D eigenvalue weighted by molar-refractivity contribution is 5.96. The van der Waals surface area contributed by atoms with E-state index in [0.29, 0.717) is 5.69 Å². The molecule has 1 unspecified atom stereocenters. The van der Waals surface area contributed by atoms with Gasteiger partial charge in [0.1, 0.15) is 6.04 Å². The van der Waals surface area contributed by atoms with Gasteiger partial charge in [0.05, 0.1) is 0 Å². The Morgan fingerprint density at radius 2 is 1.88 bits per heavy atom. The molecule has 5 nitrogen and oxygen atoms in total. The minimum absolute atomic E-state index is 0.298. The average molecular weight is 235 g/mol. The molecule has 4 N–H and O–H groups in total. The lowest BCUT2D eigenvalue weighted by Crippen LogP contribution is -2.44. The molecule has 0 saturated carbocycles. The van der Waals surface area contributed by atoms with Crippen LogP contribution in [0.25, 0.3) is 0 Å². The first-order chi connectivity index (χ1) is 8.02. The first kappa shape index (κ1) is 13.0. The van der Waals surface area contributed by atoms with Crippen molar-refractivity contribution in [2.75, 3.05) is 5.32 Å². The highest BCUT2D eigenvalue weighted by Gasteiger charge is 2.13. The van der Waals surface area contributed by atoms with E-state index in [2.05, 4.69) is 17.6 Å². The zero-order valence-electron chi connectivity index (χ0n) is 9.99. The summed E-state index contributed by atoms with van der Waals surface area (Å²) in [5.41, 5.74) is 6.83. The molecule has 0 spiro atoms. The lowest BCUT2D eigenvalue weighted by atomic mass is 10.1. The molecule has 0 aliphatic heterocycles. The van der Waals surface area contributed by atoms with Gasteiger partial charge in [0, 0.05) is 5.69 Å². The summed E-state index contributed by atoms with van der Waals surface area (Å²) < 4.78 is 0. The zero-order valence-corrected chi connectivity index (χ0v) is 9.99. The second-order valence-electron chi connectivity index (χ2n) is 3.77. The second kappa shape index (κ2) is 5.89. The third kappa shape index (κ3) is 4.14. The number of nitrogens with two attached hydrogens (primary N) is 1. The number of hydrogen-bond acceptors (Lipinski definition) is 2. The number of aryl methyl sites for hydroxylation is 1. The van der Waals surface area contributed by atoms with Crippen molar-refractivity contribution in [1.82, 2.24) is 5.32 Å². The lowest BCUT2D eigenvalue weighted by Gasteiger charge is -2.12. The standard InChI is InChI=1S/C12H17N3O2/c1-3-9-4-6-10(7-5-9)15-11(16)8(2)14-12(13)17/h4-8H,3H2,1-2H3,(H,15,16)(H3,13,14,17). The van der Waals surface area contributed by atoms with Gasteiger partial charge in [-0.1, -0.05) is 19.1 Å². The topological polar surface area (TPSA) is 84.2 Å². The van der Waals surface area contributed by atoms with Crippen molar-refractivity contribution in [2.24, 2.45) is 5.73 Å². The Morgan fingerprint density at radius 3 is 2.35 bits per heavy atom. The first-order valence-electron chi connectivity index (χ1n) is 5.48. The first-order valence-corrected chi connectivity index (χ1v) is 5.48. The van der Waals surface area contributed by atoms with Crippen LogP contribution in [0.4, 0.5) is 10.5 Å². The maximum absolute atomic E-state index is 11.6. The number of anilines is 1. The van der Waals surface area contributed by atoms with Crippen LogP contribution in [0.3, 0.4) is 0 Å². The number of nitrogens with one attached hydrogen (secondary N) is 2. The second-order valence-corrected chi connectivity index (χ2v) is 3.77. The summed E-state index contributed by atoms with van der Waals surface area (Å²) in [4.78, 5) is 22.2. The van der Waals surface area contributed by atoms with Crippen molar-refractivity contribution in [1.29, 1.82) is 0 Å². The summed E-state index contributed by atoms with van der Waals surface area (Å²) in [6, 6.07) is 6.18. The van der Waals surface area contributed by atoms with E-state index in [4.69, 9.17) is 5.73 Å². The highest BCUT2D eigenvalue weighted by Crippen LogP contribution is 2.10. The molecule has 0 radical (unpaired) electrons. The van der Waals surface area contributed by atoms with E-state index in [1.807, 2.05) is 24.3 Å². The van der Waals surface area contributed by atoms with Gasteiger partial charge >= 0.3 is 6.03 Å². The molecule has 5 heteroatoms. The number of amides is 3. The molecule has 0 heterocycles. The Kier molecular flexibility index (Phi) is 4.51. The van der Waals surface area contributed by atoms with Crippen molar-refractivity contribution in [2.45, 2.75) is 26.3 Å². The van der Waals surface area contributed by atoms with E-state index in [0.717, 1.165) is 6.42 Å². The summed E-state index contributed by atoms with van der Waals surface area (Å²) in [5.74, 6) is -0.298. The molecule has 0 bridgehead atoms. The molecule has 1 aromatic carbocycles. The fourth-order valence-electron chi connectivity index (χ4n) is 1.35. The Labute approximate surface area is 100 Å². The van der Waals surface area contributed by atoms with Crippen LogP contribution in [0, 0.1) is 0 Å². The molecule has 3 amide bonds. The average Bonchev–Trinajstić information content (AvgIpc) is 2.29. The minimum atomic E-state index is -0.714. The van der Waals surface area contributed by atoms with E-state index in [1.54, 1.807) is 6.92 Å². The monoisotopic (exact) mass is 235 g/mol. The summed E-state index contributed by atoms with van der Waals surface area (Å²) in [6.07, 6.45) is 0.952. The smallest absolute Gasteiger partial charge is 0.312 e. The Bertz CT molecular complexity index is 401. The fraction of sp³-hybridized carbons (Fsp3) is 0.333. The Balaban J connectivity index is 2.58. The third-order valence-corrected chi connectivity index (χ3v) is 2.38. The number of carbonyl (C=O) groups is 2. The molecule has 92 valence electrons. The van der Waals surface area contributed by atoms with Crippen LogP contribution in [0.15, 0.2) is 24.3 Å². The predicted octanol–water partition coefficient (Wildman–Crippen LogP) is 1.24. The van der Waals surface area contributed by atoms with E-state index in [-0.39, 0.29) is 5.91 Å². The van der Waals surface area contributed by atoms with Crippen LogP contribution in [-0.4, -0.2) is 18.0 Å². The van der Waals surface area contributed by atoms with Crippen LogP contribution < -0.4 is 16.4 Å². The molecule has 0 aliphatic rings. The SMILES string of the molecule is CCc1ccc(NC(=O)C(C)NC(N)=O)cc1. The molecule has 1 aromatic rings. The fourth-order valence-corrected chi connectivity index (χ4v) is 1.35. The minimum Gasteiger partial charge on any atom is -0.352 e. The molecule has 0 saturated heterocycles. The largest absolute Gasteiger partial charge is 0.352 e. The van der Waals surface area contributed by atoms with Crippen molar-refractivity contribution in [3.63, 3.8) is 0 Å². The molecule has 1 rings (SSSR count). The van der Waals surface area contributed by atoms with Gasteiger partial charge in [-0.2, -0.15) is 0 Å². The molecular weight excluding hydrogens is 218 g/mol. The van der Waals surface area contributed by atoms with E-state index < -0.39 is 12.1 Å². The van der Waals surface area contributed by atoms with Gasteiger partial charge in [0.15, 0.2) is 0 Å². The van der Waals surface area contributed by atoms with E-state index in [9.17, 15) is 9.59 Å². The number of urea groups is 1. The van der Waals surface area contributed by atoms with Crippen molar-refractivity contribution < 1.29 is 9.59 Å². The molecule has 0 aromatic heterocycles.